The highest BCUT2D eigenvalue weighted by molar-refractivity contribution is 6.00. The van der Waals surface area contributed by atoms with Crippen LogP contribution in [0.4, 0.5) is 10.5 Å². The molecule has 0 radical (unpaired) electrons. The van der Waals surface area contributed by atoms with E-state index >= 15 is 0 Å². The Labute approximate surface area is 249 Å². The molecule has 2 aliphatic heterocycles. The number of nitrogens with zero attached hydrogens (tertiary/aromatic N) is 1. The summed E-state index contributed by atoms with van der Waals surface area (Å²) in [7, 11) is 1.49. The molecule has 4 rings (SSSR count). The largest absolute Gasteiger partial charge is 0.496 e. The van der Waals surface area contributed by atoms with Gasteiger partial charge in [0.2, 0.25) is 0 Å². The number of carbonyl (C=O) groups excluding carboxylic acids is 3. The third-order valence-electron chi connectivity index (χ3n) is 7.35. The Morgan fingerprint density at radius 2 is 1.81 bits per heavy atom. The molecular weight excluding hydrogens is 560 g/mol. The fraction of sp³-hybridized carbons (Fsp3) is 0.419. The molecule has 1 fully saturated rings. The van der Waals surface area contributed by atoms with Crippen LogP contribution in [0.25, 0.3) is 0 Å². The van der Waals surface area contributed by atoms with Gasteiger partial charge in [-0.2, -0.15) is 0 Å². The molecule has 2 aromatic rings. The zero-order valence-corrected chi connectivity index (χ0v) is 24.5. The standard InChI is InChI=1S/C31H36N2O10/c1-19(5-11-25(34)41-17-14-33-12-15-40-16-13-33)4-10-23-27(39-3)20(2)24-18-42-30(37)26(24)28(23)43-31(38)32-22-8-6-21(7-9-22)29(35)36/h4,6-9H,5,10-18H2,1-3H3,(H,32,38)(H,35,36)/b19-4+. The number of hydrogen-bond donors (Lipinski definition) is 2. The quantitative estimate of drug-likeness (QED) is 0.269. The van der Waals surface area contributed by atoms with Crippen LogP contribution in [0.2, 0.25) is 0 Å². The summed E-state index contributed by atoms with van der Waals surface area (Å²) in [5.74, 6) is -1.52. The molecule has 230 valence electrons. The number of carbonyl (C=O) groups is 4. The van der Waals surface area contributed by atoms with Crippen LogP contribution in [0.1, 0.15) is 57.2 Å². The number of carboxylic acid groups (broad SMARTS) is 1. The lowest BCUT2D eigenvalue weighted by Gasteiger charge is -2.26. The van der Waals surface area contributed by atoms with Crippen molar-refractivity contribution in [2.75, 3.05) is 51.9 Å². The summed E-state index contributed by atoms with van der Waals surface area (Å²) in [6.07, 6.45) is 1.94. The van der Waals surface area contributed by atoms with Crippen molar-refractivity contribution in [1.29, 1.82) is 0 Å². The first-order valence-electron chi connectivity index (χ1n) is 14.0. The molecule has 0 unspecified atom stereocenters. The molecule has 1 amide bonds. The molecule has 12 nitrogen and oxygen atoms in total. The molecule has 0 aliphatic carbocycles. The molecule has 2 N–H and O–H groups in total. The number of methoxy groups -OCH3 is 1. The average Bonchev–Trinajstić information content (AvgIpc) is 3.39. The lowest BCUT2D eigenvalue weighted by atomic mass is 9.94. The number of morpholine rings is 1. The fourth-order valence-corrected chi connectivity index (χ4v) is 4.92. The number of nitrogens with one attached hydrogen (secondary N) is 1. The first kappa shape index (κ1) is 31.5. The minimum Gasteiger partial charge on any atom is -0.496 e. The van der Waals surface area contributed by atoms with Gasteiger partial charge in [-0.25, -0.2) is 14.4 Å². The van der Waals surface area contributed by atoms with E-state index in [1.807, 2.05) is 13.0 Å². The topological polar surface area (TPSA) is 150 Å². The summed E-state index contributed by atoms with van der Waals surface area (Å²) in [4.78, 5) is 51.3. The highest BCUT2D eigenvalue weighted by atomic mass is 16.6. The summed E-state index contributed by atoms with van der Waals surface area (Å²) in [6.45, 7) is 7.75. The van der Waals surface area contributed by atoms with Crippen molar-refractivity contribution in [3.63, 3.8) is 0 Å². The van der Waals surface area contributed by atoms with Crippen molar-refractivity contribution in [2.24, 2.45) is 0 Å². The molecule has 1 saturated heterocycles. The highest BCUT2D eigenvalue weighted by Gasteiger charge is 2.34. The zero-order valence-electron chi connectivity index (χ0n) is 24.5. The van der Waals surface area contributed by atoms with E-state index in [1.165, 1.54) is 31.4 Å². The van der Waals surface area contributed by atoms with Crippen molar-refractivity contribution in [3.05, 3.63) is 63.7 Å². The Morgan fingerprint density at radius 1 is 1.09 bits per heavy atom. The maximum atomic E-state index is 12.9. The van der Waals surface area contributed by atoms with Gasteiger partial charge in [0.1, 0.15) is 24.5 Å². The number of allylic oxidation sites excluding steroid dienone is 2. The number of esters is 2. The molecule has 0 spiro atoms. The van der Waals surface area contributed by atoms with E-state index in [0.717, 1.165) is 18.7 Å². The first-order valence-corrected chi connectivity index (χ1v) is 14.0. The lowest BCUT2D eigenvalue weighted by molar-refractivity contribution is -0.144. The summed E-state index contributed by atoms with van der Waals surface area (Å²) < 4.78 is 27.4. The highest BCUT2D eigenvalue weighted by Crippen LogP contribution is 2.43. The van der Waals surface area contributed by atoms with Gasteiger partial charge in [0.25, 0.3) is 0 Å². The van der Waals surface area contributed by atoms with Gasteiger partial charge >= 0.3 is 24.0 Å². The third-order valence-corrected chi connectivity index (χ3v) is 7.35. The Bertz CT molecular complexity index is 1390. The Hall–Kier alpha value is -4.42. The molecule has 0 bridgehead atoms. The number of rotatable bonds is 12. The third kappa shape index (κ3) is 8.11. The number of aromatic carboxylic acids is 1. The van der Waals surface area contributed by atoms with Crippen LogP contribution in [-0.2, 0) is 32.0 Å². The smallest absolute Gasteiger partial charge is 0.417 e. The molecule has 2 aliphatic rings. The Kier molecular flexibility index (Phi) is 10.7. The second-order valence-corrected chi connectivity index (χ2v) is 10.2. The predicted octanol–water partition coefficient (Wildman–Crippen LogP) is 4.13. The number of fused-ring (bicyclic) bond motifs is 1. The van der Waals surface area contributed by atoms with Crippen molar-refractivity contribution in [2.45, 2.75) is 39.7 Å². The minimum absolute atomic E-state index is 0.0196. The van der Waals surface area contributed by atoms with Crippen LogP contribution < -0.4 is 14.8 Å². The number of anilines is 1. The average molecular weight is 597 g/mol. The maximum absolute atomic E-state index is 12.9. The molecular formula is C31H36N2O10. The van der Waals surface area contributed by atoms with Gasteiger partial charge in [0.15, 0.2) is 5.75 Å². The summed E-state index contributed by atoms with van der Waals surface area (Å²) >= 11 is 0. The number of benzene rings is 2. The molecule has 0 saturated carbocycles. The number of cyclic esters (lactones) is 1. The summed E-state index contributed by atoms with van der Waals surface area (Å²) in [5.41, 5.74) is 3.17. The van der Waals surface area contributed by atoms with Crippen molar-refractivity contribution in [3.8, 4) is 11.5 Å². The second kappa shape index (κ2) is 14.7. The van der Waals surface area contributed by atoms with E-state index in [9.17, 15) is 19.2 Å². The molecule has 0 aromatic heterocycles. The van der Waals surface area contributed by atoms with E-state index in [0.29, 0.717) is 60.9 Å². The number of hydrogen-bond acceptors (Lipinski definition) is 10. The lowest BCUT2D eigenvalue weighted by Crippen LogP contribution is -2.38. The van der Waals surface area contributed by atoms with Crippen LogP contribution in [0.3, 0.4) is 0 Å². The zero-order chi connectivity index (χ0) is 30.9. The SMILES string of the molecule is COc1c(C)c2c(c(OC(=O)Nc3ccc(C(=O)O)cc3)c1C/C=C(\C)CCC(=O)OCCN1CCOCC1)C(=O)OC2. The van der Waals surface area contributed by atoms with Crippen LogP contribution >= 0.6 is 0 Å². The molecule has 2 heterocycles. The normalized spacial score (nSPS) is 15.0. The molecule has 0 atom stereocenters. The van der Waals surface area contributed by atoms with E-state index in [1.54, 1.807) is 6.92 Å². The van der Waals surface area contributed by atoms with Crippen molar-refractivity contribution in [1.82, 2.24) is 4.90 Å². The van der Waals surface area contributed by atoms with E-state index in [2.05, 4.69) is 10.2 Å². The Balaban J connectivity index is 1.45. The van der Waals surface area contributed by atoms with Crippen LogP contribution in [0.15, 0.2) is 35.9 Å². The number of ether oxygens (including phenoxy) is 5. The van der Waals surface area contributed by atoms with Crippen LogP contribution in [0, 0.1) is 6.92 Å². The maximum Gasteiger partial charge on any atom is 0.417 e. The second-order valence-electron chi connectivity index (χ2n) is 10.2. The molecule has 2 aromatic carbocycles. The minimum atomic E-state index is -1.09. The number of amides is 1. The van der Waals surface area contributed by atoms with Crippen LogP contribution in [0.5, 0.6) is 11.5 Å². The molecule has 12 heteroatoms. The van der Waals surface area contributed by atoms with E-state index in [-0.39, 0.29) is 42.3 Å². The Morgan fingerprint density at radius 3 is 2.49 bits per heavy atom. The van der Waals surface area contributed by atoms with Gasteiger partial charge in [-0.1, -0.05) is 11.6 Å². The monoisotopic (exact) mass is 596 g/mol. The first-order chi connectivity index (χ1) is 20.7. The van der Waals surface area contributed by atoms with Crippen molar-refractivity contribution >= 4 is 29.7 Å². The predicted molar refractivity (Wildman–Crippen MR) is 155 cm³/mol. The summed E-state index contributed by atoms with van der Waals surface area (Å²) in [6, 6.07) is 5.56. The van der Waals surface area contributed by atoms with Crippen molar-refractivity contribution < 1.29 is 48.0 Å². The van der Waals surface area contributed by atoms with Gasteiger partial charge in [-0.3, -0.25) is 15.0 Å². The van der Waals surface area contributed by atoms with Gasteiger partial charge in [-0.15, -0.1) is 0 Å². The van der Waals surface area contributed by atoms with Gasteiger partial charge < -0.3 is 28.8 Å². The fourth-order valence-electron chi connectivity index (χ4n) is 4.92. The van der Waals surface area contributed by atoms with E-state index in [4.69, 9.17) is 28.8 Å². The van der Waals surface area contributed by atoms with Gasteiger partial charge in [-0.05, 0) is 56.5 Å². The van der Waals surface area contributed by atoms with E-state index < -0.39 is 18.0 Å². The van der Waals surface area contributed by atoms with Gasteiger partial charge in [0.05, 0.1) is 25.9 Å². The van der Waals surface area contributed by atoms with Crippen LogP contribution in [-0.4, -0.2) is 80.6 Å². The van der Waals surface area contributed by atoms with Gasteiger partial charge in [0, 0.05) is 42.9 Å². The number of carboxylic acids is 1. The summed E-state index contributed by atoms with van der Waals surface area (Å²) in [5, 5.41) is 11.7. The molecule has 43 heavy (non-hydrogen) atoms.